The topological polar surface area (TPSA) is 49.7 Å². The lowest BCUT2D eigenvalue weighted by Gasteiger charge is -2.21. The van der Waals surface area contributed by atoms with Gasteiger partial charge in [0.2, 0.25) is 0 Å². The van der Waals surface area contributed by atoms with E-state index >= 15 is 0 Å². The minimum atomic E-state index is -4.87. The summed E-state index contributed by atoms with van der Waals surface area (Å²) in [5.74, 6) is -0.253. The lowest BCUT2D eigenvalue weighted by Crippen LogP contribution is -2.22. The molecule has 1 rings (SSSR count). The van der Waals surface area contributed by atoms with Crippen molar-refractivity contribution in [2.24, 2.45) is 0 Å². The minimum absolute atomic E-state index is 0.130. The fourth-order valence-electron chi connectivity index (χ4n) is 1.46. The predicted molar refractivity (Wildman–Crippen MR) is 70.3 cm³/mol. The van der Waals surface area contributed by atoms with Gasteiger partial charge in [0.15, 0.2) is 0 Å². The van der Waals surface area contributed by atoms with Crippen molar-refractivity contribution in [1.82, 2.24) is 0 Å². The Morgan fingerprint density at radius 2 is 1.95 bits per heavy atom. The van der Waals surface area contributed by atoms with Crippen LogP contribution in [-0.4, -0.2) is 28.4 Å². The first-order valence-electron chi connectivity index (χ1n) is 5.27. The molecule has 1 aromatic carbocycles. The van der Waals surface area contributed by atoms with Gasteiger partial charge in [-0.3, -0.25) is 0 Å². The zero-order valence-corrected chi connectivity index (χ0v) is 12.0. The second-order valence-electron chi connectivity index (χ2n) is 3.75. The Morgan fingerprint density at radius 3 is 2.47 bits per heavy atom. The van der Waals surface area contributed by atoms with Gasteiger partial charge in [0.05, 0.1) is 6.10 Å². The van der Waals surface area contributed by atoms with Crippen LogP contribution >= 0.6 is 28.6 Å². The molecular formula is C11H12BrF3O3S. The summed E-state index contributed by atoms with van der Waals surface area (Å²) < 4.78 is 41.0. The van der Waals surface area contributed by atoms with Crippen LogP contribution < -0.4 is 4.74 Å². The van der Waals surface area contributed by atoms with Crippen LogP contribution in [0.1, 0.15) is 18.1 Å². The van der Waals surface area contributed by atoms with Gasteiger partial charge in [-0.05, 0) is 24.3 Å². The van der Waals surface area contributed by atoms with Crippen LogP contribution in [0.5, 0.6) is 5.75 Å². The van der Waals surface area contributed by atoms with Crippen LogP contribution in [0.2, 0.25) is 0 Å². The molecule has 0 spiro atoms. The fourth-order valence-corrected chi connectivity index (χ4v) is 2.07. The van der Waals surface area contributed by atoms with E-state index in [1.165, 1.54) is 12.1 Å². The summed E-state index contributed by atoms with van der Waals surface area (Å²) in [5.41, 5.74) is -0.130. The van der Waals surface area contributed by atoms with Crippen molar-refractivity contribution in [3.05, 3.63) is 28.2 Å². The molecule has 8 heteroatoms. The third-order valence-corrected chi connectivity index (χ3v) is 3.06. The number of benzene rings is 1. The lowest BCUT2D eigenvalue weighted by molar-refractivity contribution is -0.275. The number of aliphatic hydroxyl groups is 2. The highest BCUT2D eigenvalue weighted by atomic mass is 79.9. The van der Waals surface area contributed by atoms with E-state index in [0.717, 1.165) is 6.07 Å². The second-order valence-corrected chi connectivity index (χ2v) is 5.12. The van der Waals surface area contributed by atoms with E-state index in [1.54, 1.807) is 0 Å². The van der Waals surface area contributed by atoms with E-state index in [2.05, 4.69) is 33.3 Å². The van der Waals surface area contributed by atoms with Gasteiger partial charge >= 0.3 is 6.36 Å². The number of ether oxygens (including phenoxy) is 1. The first kappa shape index (κ1) is 16.6. The Kier molecular flexibility index (Phi) is 5.97. The Bertz CT molecular complexity index is 428. The molecule has 0 amide bonds. The third-order valence-electron chi connectivity index (χ3n) is 2.31. The fraction of sp³-hybridized carbons (Fsp3) is 0.455. The van der Waals surface area contributed by atoms with E-state index in [9.17, 15) is 23.4 Å². The number of hydrogen-bond donors (Lipinski definition) is 3. The summed E-state index contributed by atoms with van der Waals surface area (Å²) in [4.78, 5) is 0. The maximum atomic E-state index is 12.3. The van der Waals surface area contributed by atoms with Gasteiger partial charge in [-0.1, -0.05) is 22.0 Å². The molecule has 108 valence electrons. The molecule has 0 aliphatic rings. The molecule has 0 saturated heterocycles. The summed E-state index contributed by atoms with van der Waals surface area (Å²) in [7, 11) is 0. The molecule has 0 radical (unpaired) electrons. The molecule has 3 nitrogen and oxygen atoms in total. The van der Waals surface area contributed by atoms with Crippen molar-refractivity contribution >= 4 is 28.6 Å². The maximum Gasteiger partial charge on any atom is 0.573 e. The highest BCUT2D eigenvalue weighted by Crippen LogP contribution is 2.34. The van der Waals surface area contributed by atoms with Crippen molar-refractivity contribution in [1.29, 1.82) is 0 Å². The molecule has 2 unspecified atom stereocenters. The maximum absolute atomic E-state index is 12.3. The monoisotopic (exact) mass is 360 g/mol. The Morgan fingerprint density at radius 1 is 1.32 bits per heavy atom. The van der Waals surface area contributed by atoms with Gasteiger partial charge in [-0.2, -0.15) is 12.6 Å². The quantitative estimate of drug-likeness (QED) is 0.707. The molecule has 0 saturated carbocycles. The highest BCUT2D eigenvalue weighted by molar-refractivity contribution is 9.10. The van der Waals surface area contributed by atoms with Crippen LogP contribution in [-0.2, 0) is 0 Å². The van der Waals surface area contributed by atoms with Crippen LogP contribution in [0.15, 0.2) is 22.7 Å². The van der Waals surface area contributed by atoms with Crippen molar-refractivity contribution in [3.8, 4) is 5.75 Å². The first-order valence-corrected chi connectivity index (χ1v) is 6.69. The summed E-state index contributed by atoms with van der Waals surface area (Å²) in [5, 5.41) is 19.5. The van der Waals surface area contributed by atoms with Crippen molar-refractivity contribution in [2.45, 2.75) is 25.0 Å². The van der Waals surface area contributed by atoms with Gasteiger partial charge < -0.3 is 14.9 Å². The number of hydrogen-bond acceptors (Lipinski definition) is 4. The third kappa shape index (κ3) is 5.21. The van der Waals surface area contributed by atoms with Crippen molar-refractivity contribution in [3.63, 3.8) is 0 Å². The lowest BCUT2D eigenvalue weighted by atomic mass is 10.0. The normalized spacial score (nSPS) is 15.1. The standard InChI is InChI=1S/C11H12BrF3O3S/c12-6-1-2-7(10(17)8(16)3-4-19)9(5-6)18-11(13,14)15/h1-2,5,8,10,16-17,19H,3-4H2. The number of thiol groups is 1. The summed E-state index contributed by atoms with van der Waals surface area (Å²) >= 11 is 6.91. The average Bonchev–Trinajstić information content (AvgIpc) is 2.26. The van der Waals surface area contributed by atoms with E-state index in [0.29, 0.717) is 10.2 Å². The molecule has 0 aromatic heterocycles. The molecule has 19 heavy (non-hydrogen) atoms. The molecular weight excluding hydrogens is 349 g/mol. The molecule has 2 N–H and O–H groups in total. The van der Waals surface area contributed by atoms with Gasteiger partial charge in [-0.25, -0.2) is 0 Å². The SMILES string of the molecule is OC(CCS)C(O)c1ccc(Br)cc1OC(F)(F)F. The van der Waals surface area contributed by atoms with Crippen LogP contribution in [0.25, 0.3) is 0 Å². The Labute approximate surface area is 121 Å². The molecule has 0 bridgehead atoms. The van der Waals surface area contributed by atoms with Crippen molar-refractivity contribution in [2.75, 3.05) is 5.75 Å². The van der Waals surface area contributed by atoms with E-state index < -0.39 is 24.3 Å². The first-order chi connectivity index (χ1) is 8.74. The molecule has 0 heterocycles. The van der Waals surface area contributed by atoms with E-state index in [4.69, 9.17) is 0 Å². The molecule has 0 fully saturated rings. The van der Waals surface area contributed by atoms with Crippen LogP contribution in [0.4, 0.5) is 13.2 Å². The Balaban J connectivity index is 3.05. The number of aliphatic hydroxyl groups excluding tert-OH is 2. The van der Waals surface area contributed by atoms with Gasteiger partial charge in [0, 0.05) is 10.0 Å². The molecule has 2 atom stereocenters. The zero-order chi connectivity index (χ0) is 14.6. The number of rotatable bonds is 5. The largest absolute Gasteiger partial charge is 0.573 e. The second kappa shape index (κ2) is 6.83. The van der Waals surface area contributed by atoms with Gasteiger partial charge in [0.1, 0.15) is 11.9 Å². The van der Waals surface area contributed by atoms with Gasteiger partial charge in [-0.15, -0.1) is 13.2 Å². The van der Waals surface area contributed by atoms with E-state index in [-0.39, 0.29) is 12.0 Å². The van der Waals surface area contributed by atoms with Gasteiger partial charge in [0.25, 0.3) is 0 Å². The van der Waals surface area contributed by atoms with Crippen molar-refractivity contribution < 1.29 is 28.1 Å². The number of halogens is 4. The Hall–Kier alpha value is -0.440. The summed E-state index contributed by atoms with van der Waals surface area (Å²) in [6, 6.07) is 3.80. The average molecular weight is 361 g/mol. The minimum Gasteiger partial charge on any atom is -0.405 e. The van der Waals surface area contributed by atoms with E-state index in [1.807, 2.05) is 0 Å². The predicted octanol–water partition coefficient (Wildman–Crippen LogP) is 3.06. The summed E-state index contributed by atoms with van der Waals surface area (Å²) in [6.45, 7) is 0. The zero-order valence-electron chi connectivity index (χ0n) is 9.56. The van der Waals surface area contributed by atoms with Crippen LogP contribution in [0, 0.1) is 0 Å². The van der Waals surface area contributed by atoms with Crippen LogP contribution in [0.3, 0.4) is 0 Å². The molecule has 1 aromatic rings. The summed E-state index contributed by atoms with van der Waals surface area (Å²) in [6.07, 6.45) is -7.41. The highest BCUT2D eigenvalue weighted by Gasteiger charge is 2.33. The number of alkyl halides is 3. The molecule has 0 aliphatic heterocycles. The molecule has 0 aliphatic carbocycles. The smallest absolute Gasteiger partial charge is 0.405 e.